The Bertz CT molecular complexity index is 401. The predicted molar refractivity (Wildman–Crippen MR) is 79.7 cm³/mol. The van der Waals surface area contributed by atoms with Crippen molar-refractivity contribution in [1.82, 2.24) is 4.90 Å². The summed E-state index contributed by atoms with van der Waals surface area (Å²) in [6.45, 7) is 6.98. The topological polar surface area (TPSA) is 49.5 Å². The third-order valence-corrected chi connectivity index (χ3v) is 3.21. The summed E-state index contributed by atoms with van der Waals surface area (Å²) >= 11 is 4.97. The standard InChI is InChI=1S/C14H22N2OS/c1-3-6-16(7-8-17)10-13-5-4-12(14(15)18)9-11(13)2/h4-5,9,17H,3,6-8,10H2,1-2H3,(H2,15,18). The summed E-state index contributed by atoms with van der Waals surface area (Å²) in [6, 6.07) is 6.07. The van der Waals surface area contributed by atoms with Crippen molar-refractivity contribution in [1.29, 1.82) is 0 Å². The molecule has 1 aromatic carbocycles. The molecule has 0 aliphatic heterocycles. The Balaban J connectivity index is 2.79. The molecule has 0 bridgehead atoms. The molecule has 1 rings (SSSR count). The molecule has 0 saturated carbocycles. The number of nitrogens with zero attached hydrogens (tertiary/aromatic N) is 1. The van der Waals surface area contributed by atoms with Crippen molar-refractivity contribution in [3.8, 4) is 0 Å². The minimum atomic E-state index is 0.198. The molecule has 3 nitrogen and oxygen atoms in total. The summed E-state index contributed by atoms with van der Waals surface area (Å²) in [7, 11) is 0. The molecular formula is C14H22N2OS. The van der Waals surface area contributed by atoms with E-state index in [0.29, 0.717) is 11.5 Å². The Morgan fingerprint density at radius 1 is 1.39 bits per heavy atom. The van der Waals surface area contributed by atoms with Gasteiger partial charge in [0.05, 0.1) is 6.61 Å². The monoisotopic (exact) mass is 266 g/mol. The summed E-state index contributed by atoms with van der Waals surface area (Å²) in [5.41, 5.74) is 8.98. The maximum atomic E-state index is 9.05. The highest BCUT2D eigenvalue weighted by Crippen LogP contribution is 2.14. The van der Waals surface area contributed by atoms with Gasteiger partial charge in [-0.2, -0.15) is 0 Å². The number of hydrogen-bond acceptors (Lipinski definition) is 3. The first-order chi connectivity index (χ1) is 8.58. The van der Waals surface area contributed by atoms with E-state index >= 15 is 0 Å². The smallest absolute Gasteiger partial charge is 0.103 e. The fraction of sp³-hybridized carbons (Fsp3) is 0.500. The van der Waals surface area contributed by atoms with Gasteiger partial charge in [-0.15, -0.1) is 0 Å². The zero-order valence-corrected chi connectivity index (χ0v) is 12.0. The first-order valence-corrected chi connectivity index (χ1v) is 6.71. The minimum Gasteiger partial charge on any atom is -0.395 e. The van der Waals surface area contributed by atoms with Crippen molar-refractivity contribution < 1.29 is 5.11 Å². The second-order valence-corrected chi connectivity index (χ2v) is 4.95. The van der Waals surface area contributed by atoms with Crippen LogP contribution in [-0.4, -0.2) is 34.7 Å². The molecule has 0 amide bonds. The van der Waals surface area contributed by atoms with Crippen LogP contribution in [0.2, 0.25) is 0 Å². The van der Waals surface area contributed by atoms with E-state index in [-0.39, 0.29) is 6.61 Å². The highest BCUT2D eigenvalue weighted by atomic mass is 32.1. The molecule has 1 aromatic rings. The molecule has 0 unspecified atom stereocenters. The van der Waals surface area contributed by atoms with Crippen LogP contribution in [0.25, 0.3) is 0 Å². The van der Waals surface area contributed by atoms with Gasteiger partial charge in [-0.25, -0.2) is 0 Å². The van der Waals surface area contributed by atoms with Crippen LogP contribution in [0, 0.1) is 6.92 Å². The summed E-state index contributed by atoms with van der Waals surface area (Å²) < 4.78 is 0. The van der Waals surface area contributed by atoms with Crippen molar-refractivity contribution in [3.05, 3.63) is 34.9 Å². The Morgan fingerprint density at radius 3 is 2.61 bits per heavy atom. The molecule has 18 heavy (non-hydrogen) atoms. The Kier molecular flexibility index (Phi) is 6.25. The number of aliphatic hydroxyl groups excluding tert-OH is 1. The average Bonchev–Trinajstić information content (AvgIpc) is 2.32. The van der Waals surface area contributed by atoms with Gasteiger partial charge >= 0.3 is 0 Å². The molecule has 0 saturated heterocycles. The van der Waals surface area contributed by atoms with Crippen LogP contribution in [0.5, 0.6) is 0 Å². The van der Waals surface area contributed by atoms with E-state index < -0.39 is 0 Å². The van der Waals surface area contributed by atoms with Crippen molar-refractivity contribution in [3.63, 3.8) is 0 Å². The largest absolute Gasteiger partial charge is 0.395 e. The van der Waals surface area contributed by atoms with E-state index in [4.69, 9.17) is 23.1 Å². The van der Waals surface area contributed by atoms with Crippen molar-refractivity contribution in [2.45, 2.75) is 26.8 Å². The Labute approximate surface area is 115 Å². The van der Waals surface area contributed by atoms with Crippen LogP contribution in [0.1, 0.15) is 30.0 Å². The molecule has 0 aliphatic carbocycles. The fourth-order valence-corrected chi connectivity index (χ4v) is 2.12. The van der Waals surface area contributed by atoms with Gasteiger partial charge in [-0.3, -0.25) is 4.90 Å². The summed E-state index contributed by atoms with van der Waals surface area (Å²) in [6.07, 6.45) is 1.09. The van der Waals surface area contributed by atoms with Gasteiger partial charge in [-0.05, 0) is 37.1 Å². The van der Waals surface area contributed by atoms with E-state index in [1.54, 1.807) is 0 Å². The Hall–Kier alpha value is -0.970. The normalized spacial score (nSPS) is 10.9. The highest BCUT2D eigenvalue weighted by Gasteiger charge is 2.07. The van der Waals surface area contributed by atoms with Crippen LogP contribution in [0.3, 0.4) is 0 Å². The molecule has 0 radical (unpaired) electrons. The van der Waals surface area contributed by atoms with Gasteiger partial charge in [0.1, 0.15) is 4.99 Å². The quantitative estimate of drug-likeness (QED) is 0.739. The minimum absolute atomic E-state index is 0.198. The first kappa shape index (κ1) is 15.1. The molecule has 0 aliphatic rings. The third-order valence-electron chi connectivity index (χ3n) is 2.98. The average molecular weight is 266 g/mol. The van der Waals surface area contributed by atoms with Crippen LogP contribution < -0.4 is 5.73 Å². The summed E-state index contributed by atoms with van der Waals surface area (Å²) in [4.78, 5) is 2.69. The second-order valence-electron chi connectivity index (χ2n) is 4.51. The lowest BCUT2D eigenvalue weighted by Gasteiger charge is -2.21. The number of hydrogen-bond donors (Lipinski definition) is 2. The maximum absolute atomic E-state index is 9.05. The second kappa shape index (κ2) is 7.46. The van der Waals surface area contributed by atoms with E-state index in [1.165, 1.54) is 11.1 Å². The number of rotatable bonds is 7. The molecule has 0 spiro atoms. The van der Waals surface area contributed by atoms with Crippen LogP contribution in [0.4, 0.5) is 0 Å². The van der Waals surface area contributed by atoms with E-state index in [2.05, 4.69) is 24.8 Å². The number of aryl methyl sites for hydroxylation is 1. The summed E-state index contributed by atoms with van der Waals surface area (Å²) in [5.74, 6) is 0. The fourth-order valence-electron chi connectivity index (χ4n) is 2.00. The van der Waals surface area contributed by atoms with Crippen LogP contribution >= 0.6 is 12.2 Å². The highest BCUT2D eigenvalue weighted by molar-refractivity contribution is 7.80. The SMILES string of the molecule is CCCN(CCO)Cc1ccc(C(N)=S)cc1C. The zero-order chi connectivity index (χ0) is 13.5. The summed E-state index contributed by atoms with van der Waals surface area (Å²) in [5, 5.41) is 9.05. The molecule has 4 heteroatoms. The van der Waals surface area contributed by atoms with Gasteiger partial charge in [0, 0.05) is 18.7 Å². The zero-order valence-electron chi connectivity index (χ0n) is 11.1. The molecule has 0 aromatic heterocycles. The first-order valence-electron chi connectivity index (χ1n) is 6.31. The third kappa shape index (κ3) is 4.37. The molecule has 0 fully saturated rings. The number of thiocarbonyl (C=S) groups is 1. The van der Waals surface area contributed by atoms with Gasteiger partial charge in [-0.1, -0.05) is 31.3 Å². The predicted octanol–water partition coefficient (Wildman–Crippen LogP) is 1.83. The van der Waals surface area contributed by atoms with Crippen molar-refractivity contribution in [2.24, 2.45) is 5.73 Å². The van der Waals surface area contributed by atoms with Crippen LogP contribution in [-0.2, 0) is 6.54 Å². The molecule has 0 atom stereocenters. The lowest BCUT2D eigenvalue weighted by Crippen LogP contribution is -2.27. The van der Waals surface area contributed by atoms with E-state index in [0.717, 1.165) is 25.1 Å². The molecule has 0 heterocycles. The van der Waals surface area contributed by atoms with E-state index in [1.807, 2.05) is 12.1 Å². The van der Waals surface area contributed by atoms with Crippen molar-refractivity contribution >= 4 is 17.2 Å². The number of aliphatic hydroxyl groups is 1. The molecule has 100 valence electrons. The van der Waals surface area contributed by atoms with E-state index in [9.17, 15) is 0 Å². The van der Waals surface area contributed by atoms with Gasteiger partial charge in [0.2, 0.25) is 0 Å². The van der Waals surface area contributed by atoms with Gasteiger partial charge < -0.3 is 10.8 Å². The maximum Gasteiger partial charge on any atom is 0.103 e. The number of benzene rings is 1. The van der Waals surface area contributed by atoms with Gasteiger partial charge in [0.25, 0.3) is 0 Å². The lowest BCUT2D eigenvalue weighted by atomic mass is 10.0. The van der Waals surface area contributed by atoms with Crippen molar-refractivity contribution in [2.75, 3.05) is 19.7 Å². The van der Waals surface area contributed by atoms with Crippen LogP contribution in [0.15, 0.2) is 18.2 Å². The van der Waals surface area contributed by atoms with Gasteiger partial charge in [0.15, 0.2) is 0 Å². The lowest BCUT2D eigenvalue weighted by molar-refractivity contribution is 0.190. The Morgan fingerprint density at radius 2 is 2.11 bits per heavy atom. The number of nitrogens with two attached hydrogens (primary N) is 1. The molecule has 3 N–H and O–H groups in total. The molecular weight excluding hydrogens is 244 g/mol.